The molecule has 100 valence electrons. The molecule has 0 atom stereocenters. The number of anilines is 2. The summed E-state index contributed by atoms with van der Waals surface area (Å²) in [7, 11) is 0. The summed E-state index contributed by atoms with van der Waals surface area (Å²) in [6.45, 7) is 8.00. The van der Waals surface area contributed by atoms with E-state index in [2.05, 4.69) is 42.3 Å². The van der Waals surface area contributed by atoms with Gasteiger partial charge in [0.1, 0.15) is 0 Å². The lowest BCUT2D eigenvalue weighted by Gasteiger charge is -2.19. The molecule has 18 heavy (non-hydrogen) atoms. The summed E-state index contributed by atoms with van der Waals surface area (Å²) in [5.41, 5.74) is 4.06. The Kier molecular flexibility index (Phi) is 4.91. The molecule has 1 N–H and O–H groups in total. The number of rotatable bonds is 6. The minimum Gasteiger partial charge on any atom is -0.385 e. The average Bonchev–Trinajstić information content (AvgIpc) is 2.90. The van der Waals surface area contributed by atoms with Gasteiger partial charge < -0.3 is 10.2 Å². The molecule has 1 fully saturated rings. The molecule has 0 radical (unpaired) electrons. The van der Waals surface area contributed by atoms with E-state index in [1.165, 1.54) is 62.1 Å². The average molecular weight is 246 g/mol. The third kappa shape index (κ3) is 3.41. The van der Waals surface area contributed by atoms with E-state index in [9.17, 15) is 0 Å². The number of hydrogen-bond donors (Lipinski definition) is 1. The SMILES string of the molecule is CCCCCNc1ccc(N2CCCC2)cc1C. The van der Waals surface area contributed by atoms with E-state index in [-0.39, 0.29) is 0 Å². The number of nitrogens with one attached hydrogen (secondary N) is 1. The Labute approximate surface area is 111 Å². The molecular formula is C16H26N2. The van der Waals surface area contributed by atoms with Crippen molar-refractivity contribution < 1.29 is 0 Å². The van der Waals surface area contributed by atoms with Crippen LogP contribution in [-0.4, -0.2) is 19.6 Å². The summed E-state index contributed by atoms with van der Waals surface area (Å²) in [5, 5.41) is 3.55. The third-order valence-electron chi connectivity index (χ3n) is 3.78. The Hall–Kier alpha value is -1.18. The van der Waals surface area contributed by atoms with Gasteiger partial charge in [0.25, 0.3) is 0 Å². The number of aryl methyl sites for hydroxylation is 1. The third-order valence-corrected chi connectivity index (χ3v) is 3.78. The summed E-state index contributed by atoms with van der Waals surface area (Å²) < 4.78 is 0. The van der Waals surface area contributed by atoms with Gasteiger partial charge in [-0.15, -0.1) is 0 Å². The lowest BCUT2D eigenvalue weighted by atomic mass is 10.1. The van der Waals surface area contributed by atoms with Crippen molar-refractivity contribution in [2.75, 3.05) is 29.9 Å². The molecule has 0 bridgehead atoms. The number of unbranched alkanes of at least 4 members (excludes halogenated alkanes) is 2. The first kappa shape index (κ1) is 13.3. The van der Waals surface area contributed by atoms with Crippen LogP contribution in [0.5, 0.6) is 0 Å². The summed E-state index contributed by atoms with van der Waals surface area (Å²) in [4.78, 5) is 2.49. The van der Waals surface area contributed by atoms with E-state index in [1.54, 1.807) is 0 Å². The van der Waals surface area contributed by atoms with Crippen LogP contribution in [0.3, 0.4) is 0 Å². The fourth-order valence-corrected chi connectivity index (χ4v) is 2.62. The Morgan fingerprint density at radius 2 is 1.94 bits per heavy atom. The molecule has 0 aromatic heterocycles. The second-order valence-electron chi connectivity index (χ2n) is 5.33. The van der Waals surface area contributed by atoms with Crippen molar-refractivity contribution in [1.82, 2.24) is 0 Å². The molecule has 2 nitrogen and oxygen atoms in total. The van der Waals surface area contributed by atoms with Gasteiger partial charge in [0, 0.05) is 31.0 Å². The van der Waals surface area contributed by atoms with Crippen LogP contribution >= 0.6 is 0 Å². The van der Waals surface area contributed by atoms with Gasteiger partial charge in [-0.2, -0.15) is 0 Å². The molecule has 1 heterocycles. The van der Waals surface area contributed by atoms with Crippen molar-refractivity contribution in [3.8, 4) is 0 Å². The fraction of sp³-hybridized carbons (Fsp3) is 0.625. The first-order valence-corrected chi connectivity index (χ1v) is 7.40. The molecule has 0 spiro atoms. The zero-order valence-electron chi connectivity index (χ0n) is 11.8. The highest BCUT2D eigenvalue weighted by Gasteiger charge is 2.12. The van der Waals surface area contributed by atoms with Crippen LogP contribution in [0.2, 0.25) is 0 Å². The van der Waals surface area contributed by atoms with Crippen molar-refractivity contribution in [1.29, 1.82) is 0 Å². The Bertz CT molecular complexity index is 367. The first-order chi connectivity index (χ1) is 8.81. The molecule has 0 unspecified atom stereocenters. The summed E-state index contributed by atoms with van der Waals surface area (Å²) in [5.74, 6) is 0. The number of nitrogens with zero attached hydrogens (tertiary/aromatic N) is 1. The van der Waals surface area contributed by atoms with Crippen molar-refractivity contribution in [3.05, 3.63) is 23.8 Å². The van der Waals surface area contributed by atoms with Crippen LogP contribution < -0.4 is 10.2 Å². The predicted molar refractivity (Wildman–Crippen MR) is 80.6 cm³/mol. The van der Waals surface area contributed by atoms with Gasteiger partial charge in [0.2, 0.25) is 0 Å². The van der Waals surface area contributed by atoms with E-state index < -0.39 is 0 Å². The van der Waals surface area contributed by atoms with Crippen LogP contribution in [0.25, 0.3) is 0 Å². The number of benzene rings is 1. The summed E-state index contributed by atoms with van der Waals surface area (Å²) >= 11 is 0. The van der Waals surface area contributed by atoms with Crippen LogP contribution in [0.15, 0.2) is 18.2 Å². The maximum atomic E-state index is 3.55. The molecular weight excluding hydrogens is 220 g/mol. The lowest BCUT2D eigenvalue weighted by molar-refractivity contribution is 0.743. The predicted octanol–water partition coefficient (Wildman–Crippen LogP) is 4.20. The highest BCUT2D eigenvalue weighted by Crippen LogP contribution is 2.25. The fourth-order valence-electron chi connectivity index (χ4n) is 2.62. The van der Waals surface area contributed by atoms with Gasteiger partial charge in [-0.3, -0.25) is 0 Å². The van der Waals surface area contributed by atoms with Gasteiger partial charge in [-0.25, -0.2) is 0 Å². The quantitative estimate of drug-likeness (QED) is 0.757. The van der Waals surface area contributed by atoms with Gasteiger partial charge in [-0.1, -0.05) is 19.8 Å². The number of hydrogen-bond acceptors (Lipinski definition) is 2. The zero-order chi connectivity index (χ0) is 12.8. The molecule has 1 aromatic rings. The van der Waals surface area contributed by atoms with Gasteiger partial charge >= 0.3 is 0 Å². The van der Waals surface area contributed by atoms with E-state index in [0.29, 0.717) is 0 Å². The van der Waals surface area contributed by atoms with Gasteiger partial charge in [0.15, 0.2) is 0 Å². The largest absolute Gasteiger partial charge is 0.385 e. The molecule has 0 saturated carbocycles. The molecule has 2 rings (SSSR count). The minimum absolute atomic E-state index is 1.09. The van der Waals surface area contributed by atoms with Crippen molar-refractivity contribution in [3.63, 3.8) is 0 Å². The van der Waals surface area contributed by atoms with Crippen molar-refractivity contribution >= 4 is 11.4 Å². The second kappa shape index (κ2) is 6.67. The topological polar surface area (TPSA) is 15.3 Å². The van der Waals surface area contributed by atoms with Crippen LogP contribution in [0.4, 0.5) is 11.4 Å². The Morgan fingerprint density at radius 1 is 1.17 bits per heavy atom. The van der Waals surface area contributed by atoms with Gasteiger partial charge in [-0.05, 0) is 49.9 Å². The Morgan fingerprint density at radius 3 is 2.61 bits per heavy atom. The lowest BCUT2D eigenvalue weighted by Crippen LogP contribution is -2.17. The molecule has 0 aliphatic carbocycles. The first-order valence-electron chi connectivity index (χ1n) is 7.40. The molecule has 1 saturated heterocycles. The van der Waals surface area contributed by atoms with Crippen LogP contribution in [0, 0.1) is 6.92 Å². The summed E-state index contributed by atoms with van der Waals surface area (Å²) in [6.07, 6.45) is 6.56. The zero-order valence-corrected chi connectivity index (χ0v) is 11.8. The van der Waals surface area contributed by atoms with E-state index in [1.807, 2.05) is 0 Å². The molecule has 2 heteroatoms. The van der Waals surface area contributed by atoms with Crippen LogP contribution in [0.1, 0.15) is 44.6 Å². The van der Waals surface area contributed by atoms with E-state index in [0.717, 1.165) is 6.54 Å². The van der Waals surface area contributed by atoms with Crippen molar-refractivity contribution in [2.45, 2.75) is 46.0 Å². The monoisotopic (exact) mass is 246 g/mol. The smallest absolute Gasteiger partial charge is 0.0371 e. The summed E-state index contributed by atoms with van der Waals surface area (Å²) in [6, 6.07) is 6.84. The van der Waals surface area contributed by atoms with E-state index in [4.69, 9.17) is 0 Å². The molecule has 1 aliphatic heterocycles. The second-order valence-corrected chi connectivity index (χ2v) is 5.33. The normalized spacial score (nSPS) is 15.1. The van der Waals surface area contributed by atoms with Crippen molar-refractivity contribution in [2.24, 2.45) is 0 Å². The van der Waals surface area contributed by atoms with E-state index >= 15 is 0 Å². The maximum Gasteiger partial charge on any atom is 0.0371 e. The molecule has 1 aromatic carbocycles. The highest BCUT2D eigenvalue weighted by atomic mass is 15.1. The molecule has 0 amide bonds. The highest BCUT2D eigenvalue weighted by molar-refractivity contribution is 5.60. The van der Waals surface area contributed by atoms with Crippen LogP contribution in [-0.2, 0) is 0 Å². The van der Waals surface area contributed by atoms with Gasteiger partial charge in [0.05, 0.1) is 0 Å². The maximum absolute atomic E-state index is 3.55. The molecule has 1 aliphatic rings. The minimum atomic E-state index is 1.09. The Balaban J connectivity index is 1.92. The standard InChI is InChI=1S/C16H26N2/c1-3-4-5-10-17-16-9-8-15(13-14(16)2)18-11-6-7-12-18/h8-9,13,17H,3-7,10-12H2,1-2H3.